The fraction of sp³-hybridized carbons (Fsp3) is 0.235. The van der Waals surface area contributed by atoms with Crippen molar-refractivity contribution in [1.82, 2.24) is 19.2 Å². The van der Waals surface area contributed by atoms with Crippen molar-refractivity contribution in [3.63, 3.8) is 0 Å². The highest BCUT2D eigenvalue weighted by Gasteiger charge is 2.29. The van der Waals surface area contributed by atoms with Gasteiger partial charge in [-0.05, 0) is 86.4 Å². The molecule has 0 aliphatic rings. The Morgan fingerprint density at radius 1 is 0.918 bits per heavy atom. The lowest BCUT2D eigenvalue weighted by Gasteiger charge is -2.10. The number of carbonyl (C=O) groups excluding carboxylic acids is 3. The molecule has 49 heavy (non-hydrogen) atoms. The van der Waals surface area contributed by atoms with Gasteiger partial charge in [-0.15, -0.1) is 12.4 Å². The van der Waals surface area contributed by atoms with Crippen LogP contribution in [0.5, 0.6) is 0 Å². The lowest BCUT2D eigenvalue weighted by atomic mass is 10.1. The number of nitrogens with one attached hydrogen (secondary N) is 2. The van der Waals surface area contributed by atoms with Crippen molar-refractivity contribution < 1.29 is 32.3 Å². The molecule has 10 nitrogen and oxygen atoms in total. The molecule has 0 saturated carbocycles. The zero-order valence-corrected chi connectivity index (χ0v) is 28.2. The number of halogens is 4. The number of urea groups is 1. The summed E-state index contributed by atoms with van der Waals surface area (Å²) < 4.78 is 46.5. The van der Waals surface area contributed by atoms with E-state index in [1.807, 2.05) is 67.7 Å². The Bertz CT molecular complexity index is 1900. The van der Waals surface area contributed by atoms with Crippen molar-refractivity contribution >= 4 is 64.4 Å². The molecule has 0 fully saturated rings. The van der Waals surface area contributed by atoms with E-state index in [1.165, 1.54) is 35.0 Å². The van der Waals surface area contributed by atoms with Crippen LogP contribution in [0.4, 0.5) is 29.3 Å². The molecule has 2 aromatic heterocycles. The number of alkyl halides is 3. The molecular formula is C34H34ClF3N6O4S. The van der Waals surface area contributed by atoms with Gasteiger partial charge in [0.2, 0.25) is 5.91 Å². The number of hydrogen-bond acceptors (Lipinski definition) is 7. The number of aromatic nitrogens is 3. The van der Waals surface area contributed by atoms with E-state index in [0.717, 1.165) is 16.8 Å². The van der Waals surface area contributed by atoms with E-state index in [4.69, 9.17) is 4.74 Å². The molecular weight excluding hydrogens is 681 g/mol. The van der Waals surface area contributed by atoms with Gasteiger partial charge in [-0.1, -0.05) is 24.3 Å². The van der Waals surface area contributed by atoms with Gasteiger partial charge in [0.15, 0.2) is 0 Å². The van der Waals surface area contributed by atoms with Crippen LogP contribution in [-0.2, 0) is 9.53 Å². The predicted molar refractivity (Wildman–Crippen MR) is 187 cm³/mol. The second-order valence-corrected chi connectivity index (χ2v) is 12.2. The smallest absolute Gasteiger partial charge is 0.446 e. The normalized spacial score (nSPS) is 11.3. The highest BCUT2D eigenvalue weighted by molar-refractivity contribution is 8.00. The number of ether oxygens (including phenoxy) is 1. The summed E-state index contributed by atoms with van der Waals surface area (Å²) in [6.07, 6.45) is 5.53. The average Bonchev–Trinajstić information content (AvgIpc) is 3.67. The van der Waals surface area contributed by atoms with Crippen LogP contribution in [0.15, 0.2) is 96.3 Å². The van der Waals surface area contributed by atoms with Gasteiger partial charge in [0.25, 0.3) is 0 Å². The van der Waals surface area contributed by atoms with Gasteiger partial charge in [0.05, 0.1) is 23.1 Å². The Morgan fingerprint density at radius 3 is 2.35 bits per heavy atom. The van der Waals surface area contributed by atoms with Crippen LogP contribution in [0.25, 0.3) is 27.7 Å². The molecule has 15 heteroatoms. The molecule has 0 atom stereocenters. The first-order chi connectivity index (χ1) is 22.9. The van der Waals surface area contributed by atoms with Crippen molar-refractivity contribution in [2.75, 3.05) is 37.9 Å². The Morgan fingerprint density at radius 2 is 1.65 bits per heavy atom. The predicted octanol–water partition coefficient (Wildman–Crippen LogP) is 8.09. The zero-order chi connectivity index (χ0) is 34.3. The number of esters is 1. The number of likely N-dealkylation sites (N-methyl/N-ethyl adjacent to an activating group) is 1. The molecule has 0 saturated heterocycles. The molecule has 5 rings (SSSR count). The van der Waals surface area contributed by atoms with Crippen molar-refractivity contribution in [2.24, 2.45) is 0 Å². The van der Waals surface area contributed by atoms with Crippen LogP contribution in [0.1, 0.15) is 24.1 Å². The summed E-state index contributed by atoms with van der Waals surface area (Å²) in [4.78, 5) is 40.4. The lowest BCUT2D eigenvalue weighted by molar-refractivity contribution is -0.144. The van der Waals surface area contributed by atoms with Gasteiger partial charge in [-0.25, -0.2) is 9.48 Å². The third-order valence-electron chi connectivity index (χ3n) is 7.18. The van der Waals surface area contributed by atoms with Crippen molar-refractivity contribution in [3.05, 3.63) is 91.4 Å². The van der Waals surface area contributed by atoms with E-state index in [-0.39, 0.29) is 72.5 Å². The number of para-hydroxylation sites is 1. The van der Waals surface area contributed by atoms with E-state index in [1.54, 1.807) is 16.9 Å². The summed E-state index contributed by atoms with van der Waals surface area (Å²) in [6.45, 7) is 0.864. The molecule has 2 amide bonds. The Kier molecular flexibility index (Phi) is 12.5. The Labute approximate surface area is 291 Å². The number of nitrogens with zero attached hydrogens (tertiary/aromatic N) is 4. The van der Waals surface area contributed by atoms with Gasteiger partial charge in [-0.3, -0.25) is 14.2 Å². The highest BCUT2D eigenvalue weighted by Crippen LogP contribution is 2.37. The Hall–Kier alpha value is -4.79. The molecule has 0 aliphatic heterocycles. The molecule has 0 radical (unpaired) electrons. The van der Waals surface area contributed by atoms with Crippen LogP contribution in [0.3, 0.4) is 0 Å². The zero-order valence-electron chi connectivity index (χ0n) is 26.6. The summed E-state index contributed by atoms with van der Waals surface area (Å²) in [5, 5.41) is 10.4. The summed E-state index contributed by atoms with van der Waals surface area (Å²) in [7, 11) is 3.75. The van der Waals surface area contributed by atoms with E-state index in [9.17, 15) is 27.6 Å². The molecule has 0 unspecified atom stereocenters. The molecule has 5 aromatic rings. The number of rotatable bonds is 12. The van der Waals surface area contributed by atoms with Crippen molar-refractivity contribution in [3.8, 4) is 16.8 Å². The minimum Gasteiger partial charge on any atom is -0.464 e. The SMILES string of the molecule is CN(C)CCOC(=O)CCCC(=O)n1cc(NC(=O)Nc2ccc(SC(F)(F)F)cc2)c2cc(-c3cnn(-c4ccccc4)c3)ccc21.Cl. The monoisotopic (exact) mass is 714 g/mol. The van der Waals surface area contributed by atoms with Crippen LogP contribution in [-0.4, -0.2) is 69.9 Å². The molecule has 0 aliphatic carbocycles. The summed E-state index contributed by atoms with van der Waals surface area (Å²) in [5.74, 6) is -0.663. The van der Waals surface area contributed by atoms with E-state index < -0.39 is 11.5 Å². The first-order valence-corrected chi connectivity index (χ1v) is 15.8. The standard InChI is InChI=1S/C34H33F3N6O4S.ClH/c1-41(2)17-18-47-32(45)10-6-9-31(44)42-22-29(40-33(46)39-25-12-14-27(15-13-25)48-34(35,36)37)28-19-23(11-16-30(28)42)24-20-38-43(21-24)26-7-4-3-5-8-26;/h3-5,7-8,11-16,19-22H,6,9-10,17-18H2,1-2H3,(H2,39,40,46);1H. The number of anilines is 2. The van der Waals surface area contributed by atoms with Crippen molar-refractivity contribution in [2.45, 2.75) is 29.7 Å². The van der Waals surface area contributed by atoms with Crippen LogP contribution in [0.2, 0.25) is 0 Å². The first-order valence-electron chi connectivity index (χ1n) is 15.0. The quantitative estimate of drug-likeness (QED) is 0.0993. The second-order valence-electron chi connectivity index (χ2n) is 11.1. The van der Waals surface area contributed by atoms with Gasteiger partial charge < -0.3 is 20.3 Å². The highest BCUT2D eigenvalue weighted by atomic mass is 35.5. The van der Waals surface area contributed by atoms with E-state index in [0.29, 0.717) is 23.1 Å². The molecule has 3 aromatic carbocycles. The largest absolute Gasteiger partial charge is 0.464 e. The molecule has 0 spiro atoms. The molecule has 258 valence electrons. The van der Waals surface area contributed by atoms with Crippen molar-refractivity contribution in [1.29, 1.82) is 0 Å². The van der Waals surface area contributed by atoms with Crippen LogP contribution >= 0.6 is 24.2 Å². The summed E-state index contributed by atoms with van der Waals surface area (Å²) >= 11 is -0.248. The average molecular weight is 715 g/mol. The molecule has 2 N–H and O–H groups in total. The van der Waals surface area contributed by atoms with E-state index in [2.05, 4.69) is 15.7 Å². The van der Waals surface area contributed by atoms with Crippen LogP contribution < -0.4 is 10.6 Å². The van der Waals surface area contributed by atoms with Crippen LogP contribution in [0, 0.1) is 0 Å². The summed E-state index contributed by atoms with van der Waals surface area (Å²) in [6, 6.07) is 19.7. The Balaban J connectivity index is 0.00000541. The number of fused-ring (bicyclic) bond motifs is 1. The summed E-state index contributed by atoms with van der Waals surface area (Å²) in [5.41, 5.74) is -0.794. The fourth-order valence-electron chi connectivity index (χ4n) is 4.85. The first kappa shape index (κ1) is 37.0. The number of hydrogen-bond donors (Lipinski definition) is 2. The fourth-order valence-corrected chi connectivity index (χ4v) is 5.39. The van der Waals surface area contributed by atoms with Gasteiger partial charge in [-0.2, -0.15) is 18.3 Å². The maximum atomic E-state index is 13.4. The minimum atomic E-state index is -4.42. The minimum absolute atomic E-state index is 0. The number of carbonyl (C=O) groups is 3. The topological polar surface area (TPSA) is 110 Å². The lowest BCUT2D eigenvalue weighted by Crippen LogP contribution is -2.20. The van der Waals surface area contributed by atoms with Gasteiger partial charge in [0.1, 0.15) is 6.61 Å². The molecule has 2 heterocycles. The van der Waals surface area contributed by atoms with E-state index >= 15 is 0 Å². The second kappa shape index (κ2) is 16.5. The third kappa shape index (κ3) is 10.3. The number of thioether (sulfide) groups is 1. The van der Waals surface area contributed by atoms with Gasteiger partial charge >= 0.3 is 17.5 Å². The maximum absolute atomic E-state index is 13.4. The third-order valence-corrected chi connectivity index (χ3v) is 7.92. The number of amides is 2. The van der Waals surface area contributed by atoms with Gasteiger partial charge in [0, 0.05) is 53.3 Å². The molecule has 0 bridgehead atoms. The number of benzene rings is 3. The maximum Gasteiger partial charge on any atom is 0.446 e.